The zero-order valence-electron chi connectivity index (χ0n) is 22.0. The largest absolute Gasteiger partial charge is 0.325 e. The predicted octanol–water partition coefficient (Wildman–Crippen LogP) is 5.48. The minimum absolute atomic E-state index is 0.0532. The van der Waals surface area contributed by atoms with E-state index in [0.29, 0.717) is 10.6 Å². The fourth-order valence-corrected chi connectivity index (χ4v) is 7.50. The van der Waals surface area contributed by atoms with Crippen molar-refractivity contribution in [3.8, 4) is 0 Å². The normalized spacial score (nSPS) is 17.1. The quantitative estimate of drug-likeness (QED) is 0.376. The Labute approximate surface area is 226 Å². The molecule has 3 aromatic carbocycles. The second-order valence-electron chi connectivity index (χ2n) is 10.4. The molecule has 0 radical (unpaired) electrons. The van der Waals surface area contributed by atoms with Crippen molar-refractivity contribution in [2.24, 2.45) is 0 Å². The van der Waals surface area contributed by atoms with Gasteiger partial charge in [0.05, 0.1) is 10.8 Å². The zero-order valence-corrected chi connectivity index (χ0v) is 22.8. The summed E-state index contributed by atoms with van der Waals surface area (Å²) in [4.78, 5) is 16.2. The van der Waals surface area contributed by atoms with E-state index in [-0.39, 0.29) is 18.0 Å². The Morgan fingerprint density at radius 2 is 1.37 bits per heavy atom. The standard InChI is InChI=1S/C31H37N3O3S/c1-2-21-33-22-19-28(20-23-33)34(27-15-16-27)38(36,37)29-17-13-26(14-18-29)32-31(35)30(24-9-5-3-6-10-24)25-11-7-4-8-12-25/h3-14,17-18,27-28,30H,2,15-16,19-23H2,1H3,(H,32,35). The SMILES string of the molecule is CCCN1CCC(N(C2CC2)S(=O)(=O)c2ccc(NC(=O)C(c3ccccc3)c3ccccc3)cc2)CC1. The summed E-state index contributed by atoms with van der Waals surface area (Å²) in [5, 5.41) is 3.01. The average Bonchev–Trinajstić information content (AvgIpc) is 3.77. The number of hydrogen-bond donors (Lipinski definition) is 1. The number of likely N-dealkylation sites (tertiary alicyclic amines) is 1. The zero-order chi connectivity index (χ0) is 26.5. The predicted molar refractivity (Wildman–Crippen MR) is 152 cm³/mol. The number of amides is 1. The topological polar surface area (TPSA) is 69.7 Å². The maximum absolute atomic E-state index is 13.8. The van der Waals surface area contributed by atoms with Crippen molar-refractivity contribution >= 4 is 21.6 Å². The van der Waals surface area contributed by atoms with Gasteiger partial charge in [-0.3, -0.25) is 4.79 Å². The van der Waals surface area contributed by atoms with Crippen LogP contribution >= 0.6 is 0 Å². The summed E-state index contributed by atoms with van der Waals surface area (Å²) in [5.74, 6) is -0.624. The molecule has 1 aliphatic heterocycles. The number of nitrogens with one attached hydrogen (secondary N) is 1. The Morgan fingerprint density at radius 1 is 0.842 bits per heavy atom. The van der Waals surface area contributed by atoms with Gasteiger partial charge in [0.2, 0.25) is 15.9 Å². The Bertz CT molecular complexity index is 1260. The molecule has 0 unspecified atom stereocenters. The number of rotatable bonds is 10. The third kappa shape index (κ3) is 6.01. The molecule has 2 aliphatic rings. The average molecular weight is 532 g/mol. The van der Waals surface area contributed by atoms with Gasteiger partial charge < -0.3 is 10.2 Å². The van der Waals surface area contributed by atoms with Crippen molar-refractivity contribution in [1.29, 1.82) is 0 Å². The summed E-state index contributed by atoms with van der Waals surface area (Å²) in [7, 11) is -3.61. The lowest BCUT2D eigenvalue weighted by Crippen LogP contribution is -2.48. The number of piperidine rings is 1. The maximum atomic E-state index is 13.8. The van der Waals surface area contributed by atoms with E-state index >= 15 is 0 Å². The lowest BCUT2D eigenvalue weighted by atomic mass is 9.90. The summed E-state index contributed by atoms with van der Waals surface area (Å²) in [5.41, 5.74) is 2.39. The van der Waals surface area contributed by atoms with Gasteiger partial charge in [0.25, 0.3) is 0 Å². The highest BCUT2D eigenvalue weighted by Gasteiger charge is 2.43. The minimum Gasteiger partial charge on any atom is -0.325 e. The Balaban J connectivity index is 1.32. The minimum atomic E-state index is -3.61. The number of carbonyl (C=O) groups excluding carboxylic acids is 1. The van der Waals surface area contributed by atoms with Crippen LogP contribution in [0.2, 0.25) is 0 Å². The highest BCUT2D eigenvalue weighted by atomic mass is 32.2. The first-order valence-electron chi connectivity index (χ1n) is 13.7. The second kappa shape index (κ2) is 11.8. The summed E-state index contributed by atoms with van der Waals surface area (Å²) in [6.07, 6.45) is 4.75. The van der Waals surface area contributed by atoms with Gasteiger partial charge in [-0.2, -0.15) is 4.31 Å². The Hall–Kier alpha value is -3.00. The van der Waals surface area contributed by atoms with Crippen LogP contribution in [0.25, 0.3) is 0 Å². The van der Waals surface area contributed by atoms with Crippen LogP contribution in [0.5, 0.6) is 0 Å². The number of anilines is 1. The third-order valence-electron chi connectivity index (χ3n) is 7.59. The monoisotopic (exact) mass is 531 g/mol. The summed E-state index contributed by atoms with van der Waals surface area (Å²) in [6.45, 7) is 5.16. The van der Waals surface area contributed by atoms with Crippen LogP contribution < -0.4 is 5.32 Å². The molecule has 6 nitrogen and oxygen atoms in total. The number of nitrogens with zero attached hydrogens (tertiary/aromatic N) is 2. The summed E-state index contributed by atoms with van der Waals surface area (Å²) in [6, 6.07) is 26.2. The van der Waals surface area contributed by atoms with Gasteiger partial charge in [-0.25, -0.2) is 8.42 Å². The Morgan fingerprint density at radius 3 is 1.87 bits per heavy atom. The van der Waals surface area contributed by atoms with Crippen LogP contribution in [0.3, 0.4) is 0 Å². The van der Waals surface area contributed by atoms with Gasteiger partial charge in [-0.05, 0) is 87.1 Å². The molecule has 0 aromatic heterocycles. The van der Waals surface area contributed by atoms with Gasteiger partial charge >= 0.3 is 0 Å². The molecule has 200 valence electrons. The highest BCUT2D eigenvalue weighted by molar-refractivity contribution is 7.89. The lowest BCUT2D eigenvalue weighted by molar-refractivity contribution is -0.116. The molecule has 38 heavy (non-hydrogen) atoms. The molecule has 1 amide bonds. The smallest absolute Gasteiger partial charge is 0.243 e. The number of benzene rings is 3. The second-order valence-corrected chi connectivity index (χ2v) is 12.3. The molecule has 0 atom stereocenters. The van der Waals surface area contributed by atoms with Gasteiger partial charge in [0.1, 0.15) is 0 Å². The van der Waals surface area contributed by atoms with Crippen molar-refractivity contribution in [3.63, 3.8) is 0 Å². The molecular weight excluding hydrogens is 494 g/mol. The van der Waals surface area contributed by atoms with Crippen LogP contribution in [0.4, 0.5) is 5.69 Å². The van der Waals surface area contributed by atoms with Gasteiger partial charge in [0.15, 0.2) is 0 Å². The fraction of sp³-hybridized carbons (Fsp3) is 0.387. The summed E-state index contributed by atoms with van der Waals surface area (Å²) >= 11 is 0. The molecule has 3 aromatic rings. The third-order valence-corrected chi connectivity index (χ3v) is 9.61. The number of carbonyl (C=O) groups is 1. The molecule has 1 saturated heterocycles. The van der Waals surface area contributed by atoms with E-state index < -0.39 is 15.9 Å². The van der Waals surface area contributed by atoms with Crippen molar-refractivity contribution in [3.05, 3.63) is 96.1 Å². The molecule has 2 fully saturated rings. The van der Waals surface area contributed by atoms with E-state index in [0.717, 1.165) is 62.9 Å². The molecule has 1 saturated carbocycles. The lowest BCUT2D eigenvalue weighted by Gasteiger charge is -2.38. The molecule has 1 heterocycles. The van der Waals surface area contributed by atoms with E-state index in [2.05, 4.69) is 17.1 Å². The first kappa shape index (κ1) is 26.6. The van der Waals surface area contributed by atoms with Gasteiger partial charge in [-0.1, -0.05) is 67.6 Å². The van der Waals surface area contributed by atoms with Crippen molar-refractivity contribution in [2.75, 3.05) is 25.0 Å². The Kier molecular flexibility index (Phi) is 8.27. The molecule has 0 spiro atoms. The molecule has 7 heteroatoms. The van der Waals surface area contributed by atoms with Crippen LogP contribution in [0, 0.1) is 0 Å². The van der Waals surface area contributed by atoms with Crippen LogP contribution in [-0.2, 0) is 14.8 Å². The van der Waals surface area contributed by atoms with Gasteiger partial charge in [0, 0.05) is 17.8 Å². The van der Waals surface area contributed by atoms with Gasteiger partial charge in [-0.15, -0.1) is 0 Å². The van der Waals surface area contributed by atoms with Crippen LogP contribution in [0.15, 0.2) is 89.8 Å². The first-order valence-corrected chi connectivity index (χ1v) is 15.2. The van der Waals surface area contributed by atoms with E-state index in [9.17, 15) is 13.2 Å². The van der Waals surface area contributed by atoms with Crippen molar-refractivity contribution in [2.45, 2.75) is 61.9 Å². The molecule has 1 N–H and O–H groups in total. The molecule has 0 bridgehead atoms. The van der Waals surface area contributed by atoms with Crippen molar-refractivity contribution < 1.29 is 13.2 Å². The van der Waals surface area contributed by atoms with Crippen LogP contribution in [0.1, 0.15) is 56.1 Å². The first-order chi connectivity index (χ1) is 18.5. The van der Waals surface area contributed by atoms with Crippen molar-refractivity contribution in [1.82, 2.24) is 9.21 Å². The fourth-order valence-electron chi connectivity index (χ4n) is 5.57. The van der Waals surface area contributed by atoms with E-state index in [1.165, 1.54) is 0 Å². The van der Waals surface area contributed by atoms with E-state index in [1.807, 2.05) is 60.7 Å². The summed E-state index contributed by atoms with van der Waals surface area (Å²) < 4.78 is 29.3. The number of hydrogen-bond acceptors (Lipinski definition) is 4. The van der Waals surface area contributed by atoms with E-state index in [4.69, 9.17) is 0 Å². The highest BCUT2D eigenvalue weighted by Crippen LogP contribution is 2.37. The van der Waals surface area contributed by atoms with E-state index in [1.54, 1.807) is 28.6 Å². The molecule has 5 rings (SSSR count). The molecule has 1 aliphatic carbocycles. The maximum Gasteiger partial charge on any atom is 0.243 e. The molecular formula is C31H37N3O3S. The number of sulfonamides is 1. The van der Waals surface area contributed by atoms with Crippen LogP contribution in [-0.4, -0.2) is 55.2 Å².